The number of hydrogen-bond acceptors (Lipinski definition) is 1. The summed E-state index contributed by atoms with van der Waals surface area (Å²) in [4.78, 5) is 11.9. The first-order valence-corrected chi connectivity index (χ1v) is 2.78. The molecule has 0 aromatic carbocycles. The molecule has 1 aliphatic rings. The van der Waals surface area contributed by atoms with E-state index in [4.69, 9.17) is 7.98 Å². The summed E-state index contributed by atoms with van der Waals surface area (Å²) < 4.78 is 0. The van der Waals surface area contributed by atoms with Crippen LogP contribution in [0.3, 0.4) is 0 Å². The zero-order valence-corrected chi connectivity index (χ0v) is 4.92. The van der Waals surface area contributed by atoms with Gasteiger partial charge >= 0.3 is 0 Å². The van der Waals surface area contributed by atoms with Gasteiger partial charge in [0.05, 0.1) is 0 Å². The summed E-state index contributed by atoms with van der Waals surface area (Å²) in [6.07, 6.45) is 1.53. The molecule has 1 rings (SSSR count). The number of nitrogens with zero attached hydrogens (tertiary/aromatic N) is 1. The number of rotatable bonds is 0. The average molecular weight is 109 g/mol. The Hall–Kier alpha value is -0.465. The Bertz CT molecular complexity index is 115. The van der Waals surface area contributed by atoms with Crippen LogP contribution in [-0.2, 0) is 4.79 Å². The minimum Gasteiger partial charge on any atom is -0.394 e. The second-order valence-electron chi connectivity index (χ2n) is 2.19. The highest BCUT2D eigenvalue weighted by molar-refractivity contribution is 6.15. The normalized spacial score (nSPS) is 29.4. The van der Waals surface area contributed by atoms with Gasteiger partial charge in [0, 0.05) is 12.5 Å². The third-order valence-corrected chi connectivity index (χ3v) is 1.54. The van der Waals surface area contributed by atoms with Crippen molar-refractivity contribution in [3.05, 3.63) is 0 Å². The van der Waals surface area contributed by atoms with Crippen LogP contribution in [0.2, 0.25) is 0 Å². The van der Waals surface area contributed by atoms with Crippen LogP contribution in [0.25, 0.3) is 0 Å². The van der Waals surface area contributed by atoms with Crippen molar-refractivity contribution in [2.45, 2.75) is 25.8 Å². The van der Waals surface area contributed by atoms with Gasteiger partial charge in [-0.3, -0.25) is 4.79 Å². The second-order valence-corrected chi connectivity index (χ2v) is 2.19. The fourth-order valence-electron chi connectivity index (χ4n) is 0.846. The van der Waals surface area contributed by atoms with Crippen molar-refractivity contribution in [2.75, 3.05) is 0 Å². The third kappa shape index (κ3) is 0.724. The number of hydrogen-bond donors (Lipinski definition) is 0. The minimum atomic E-state index is 0.0671. The Morgan fingerprint density at radius 2 is 2.50 bits per heavy atom. The summed E-state index contributed by atoms with van der Waals surface area (Å²) in [5.41, 5.74) is 0. The molecule has 1 saturated heterocycles. The standard InChI is InChI=1S/C5H8BNO/c1-4-2-3-5(8)7(4)6/h4H,2-3H2,1H3/t4-/m0/s1. The molecule has 1 fully saturated rings. The van der Waals surface area contributed by atoms with E-state index in [1.165, 1.54) is 4.81 Å². The van der Waals surface area contributed by atoms with E-state index in [-0.39, 0.29) is 11.9 Å². The second kappa shape index (κ2) is 1.80. The summed E-state index contributed by atoms with van der Waals surface area (Å²) in [6.45, 7) is 1.95. The maximum atomic E-state index is 10.6. The molecule has 0 saturated carbocycles. The lowest BCUT2D eigenvalue weighted by atomic mass is 10.2. The van der Waals surface area contributed by atoms with E-state index >= 15 is 0 Å². The molecule has 8 heavy (non-hydrogen) atoms. The SMILES string of the molecule is [B]N1C(=O)CC[C@@H]1C. The van der Waals surface area contributed by atoms with Crippen LogP contribution in [-0.4, -0.2) is 24.7 Å². The highest BCUT2D eigenvalue weighted by Gasteiger charge is 2.22. The molecule has 0 bridgehead atoms. The molecule has 3 heteroatoms. The van der Waals surface area contributed by atoms with Crippen LogP contribution in [0.4, 0.5) is 0 Å². The number of carbonyl (C=O) groups excluding carboxylic acids is 1. The predicted octanol–water partition coefficient (Wildman–Crippen LogP) is 0.0808. The van der Waals surface area contributed by atoms with Crippen molar-refractivity contribution < 1.29 is 4.79 Å². The summed E-state index contributed by atoms with van der Waals surface area (Å²) in [7, 11) is 5.31. The molecule has 1 atom stereocenters. The summed E-state index contributed by atoms with van der Waals surface area (Å²) in [6, 6.07) is 0.252. The zero-order valence-electron chi connectivity index (χ0n) is 4.92. The Labute approximate surface area is 50.3 Å². The van der Waals surface area contributed by atoms with E-state index in [0.29, 0.717) is 6.42 Å². The van der Waals surface area contributed by atoms with Crippen LogP contribution in [0, 0.1) is 0 Å². The van der Waals surface area contributed by atoms with Crippen LogP contribution >= 0.6 is 0 Å². The highest BCUT2D eigenvalue weighted by Crippen LogP contribution is 2.13. The van der Waals surface area contributed by atoms with Gasteiger partial charge in [0.1, 0.15) is 0 Å². The topological polar surface area (TPSA) is 20.3 Å². The van der Waals surface area contributed by atoms with Crippen molar-refractivity contribution in [1.82, 2.24) is 4.81 Å². The van der Waals surface area contributed by atoms with Crippen molar-refractivity contribution in [2.24, 2.45) is 0 Å². The van der Waals surface area contributed by atoms with E-state index in [2.05, 4.69) is 0 Å². The van der Waals surface area contributed by atoms with Crippen LogP contribution in [0.5, 0.6) is 0 Å². The maximum Gasteiger partial charge on any atom is 0.230 e. The summed E-state index contributed by atoms with van der Waals surface area (Å²) in [5, 5.41) is 0. The molecular weight excluding hydrogens is 101 g/mol. The van der Waals surface area contributed by atoms with Crippen molar-refractivity contribution >= 4 is 13.9 Å². The van der Waals surface area contributed by atoms with Crippen LogP contribution in [0.1, 0.15) is 19.8 Å². The Morgan fingerprint density at radius 3 is 2.62 bits per heavy atom. The van der Waals surface area contributed by atoms with Gasteiger partial charge in [0.15, 0.2) is 0 Å². The lowest BCUT2D eigenvalue weighted by molar-refractivity contribution is -0.124. The molecule has 42 valence electrons. The van der Waals surface area contributed by atoms with Gasteiger partial charge in [-0.25, -0.2) is 0 Å². The zero-order chi connectivity index (χ0) is 6.15. The van der Waals surface area contributed by atoms with E-state index in [1.54, 1.807) is 0 Å². The van der Waals surface area contributed by atoms with Gasteiger partial charge in [0.2, 0.25) is 13.9 Å². The van der Waals surface area contributed by atoms with E-state index < -0.39 is 0 Å². The Kier molecular flexibility index (Phi) is 1.28. The molecule has 0 aromatic heterocycles. The van der Waals surface area contributed by atoms with Crippen molar-refractivity contribution in [3.63, 3.8) is 0 Å². The smallest absolute Gasteiger partial charge is 0.230 e. The van der Waals surface area contributed by atoms with Gasteiger partial charge in [-0.2, -0.15) is 0 Å². The Morgan fingerprint density at radius 1 is 1.88 bits per heavy atom. The van der Waals surface area contributed by atoms with Crippen molar-refractivity contribution in [1.29, 1.82) is 0 Å². The highest BCUT2D eigenvalue weighted by atomic mass is 16.2. The van der Waals surface area contributed by atoms with Gasteiger partial charge in [-0.15, -0.1) is 0 Å². The summed E-state index contributed by atoms with van der Waals surface area (Å²) >= 11 is 0. The van der Waals surface area contributed by atoms with Crippen molar-refractivity contribution in [3.8, 4) is 0 Å². The first-order valence-electron chi connectivity index (χ1n) is 2.78. The maximum absolute atomic E-state index is 10.6. The molecule has 0 spiro atoms. The molecule has 0 aliphatic carbocycles. The molecule has 2 radical (unpaired) electrons. The molecule has 0 N–H and O–H groups in total. The van der Waals surface area contributed by atoms with E-state index in [0.717, 1.165) is 6.42 Å². The predicted molar refractivity (Wildman–Crippen MR) is 31.3 cm³/mol. The Balaban J connectivity index is 2.56. The lowest BCUT2D eigenvalue weighted by Crippen LogP contribution is -2.27. The van der Waals surface area contributed by atoms with E-state index in [1.807, 2.05) is 6.92 Å². The monoisotopic (exact) mass is 109 g/mol. The van der Waals surface area contributed by atoms with E-state index in [9.17, 15) is 4.79 Å². The average Bonchev–Trinajstić information content (AvgIpc) is 1.98. The number of carbonyl (C=O) groups is 1. The quantitative estimate of drug-likeness (QED) is 0.403. The summed E-state index contributed by atoms with van der Waals surface area (Å²) in [5.74, 6) is 0.0671. The van der Waals surface area contributed by atoms with Gasteiger partial charge in [-0.05, 0) is 13.3 Å². The minimum absolute atomic E-state index is 0.0671. The van der Waals surface area contributed by atoms with Crippen LogP contribution < -0.4 is 0 Å². The largest absolute Gasteiger partial charge is 0.394 e. The first-order chi connectivity index (χ1) is 3.72. The third-order valence-electron chi connectivity index (χ3n) is 1.54. The first kappa shape index (κ1) is 5.67. The molecule has 0 unspecified atom stereocenters. The van der Waals surface area contributed by atoms with Gasteiger partial charge in [0.25, 0.3) is 0 Å². The molecular formula is C5H8BNO. The molecule has 1 amide bonds. The van der Waals surface area contributed by atoms with Crippen LogP contribution in [0.15, 0.2) is 0 Å². The van der Waals surface area contributed by atoms with Gasteiger partial charge in [-0.1, -0.05) is 0 Å². The molecule has 1 aliphatic heterocycles. The number of amides is 1. The molecule has 2 nitrogen and oxygen atoms in total. The van der Waals surface area contributed by atoms with Gasteiger partial charge < -0.3 is 4.81 Å². The lowest BCUT2D eigenvalue weighted by Gasteiger charge is -2.14. The fraction of sp³-hybridized carbons (Fsp3) is 0.800. The molecule has 0 aromatic rings. The molecule has 1 heterocycles. The fourth-order valence-corrected chi connectivity index (χ4v) is 0.846.